The Morgan fingerprint density at radius 3 is 0.839 bits per heavy atom. The maximum atomic E-state index is 2.45. The van der Waals surface area contributed by atoms with Crippen LogP contribution in [-0.4, -0.2) is 29.3 Å². The normalized spacial score (nSPS) is 11.7. The maximum absolute atomic E-state index is 2.45. The minimum absolute atomic E-state index is 0.325. The van der Waals surface area contributed by atoms with Crippen molar-refractivity contribution in [1.82, 2.24) is 0 Å². The van der Waals surface area contributed by atoms with E-state index in [9.17, 15) is 0 Å². The molecule has 0 saturated heterocycles. The van der Waals surface area contributed by atoms with Crippen molar-refractivity contribution in [2.24, 2.45) is 0 Å². The molecule has 0 fully saturated rings. The zero-order valence-corrected chi connectivity index (χ0v) is 22.1. The van der Waals surface area contributed by atoms with E-state index in [4.69, 9.17) is 0 Å². The summed E-state index contributed by atoms with van der Waals surface area (Å²) in [6.45, 7) is 4.90. The molecule has 0 aliphatic heterocycles. The molecule has 31 heavy (non-hydrogen) atoms. The molecule has 0 aromatic heterocycles. The van der Waals surface area contributed by atoms with Gasteiger partial charge in [-0.15, -0.1) is 0 Å². The van der Waals surface area contributed by atoms with Crippen LogP contribution in [0.4, 0.5) is 0 Å². The van der Waals surface area contributed by atoms with Crippen LogP contribution in [-0.2, 0) is 0 Å². The van der Waals surface area contributed by atoms with E-state index in [1.807, 2.05) is 0 Å². The standard InChI is InChI=1S/C29H30As2/c1-3-29(4-2,30(25-17-9-5-10-18-25)26-19-11-6-12-20-26)31(27-21-13-7-14-22-27)28-23-15-8-16-24-28/h5-24H,3-4H2,1-2H3. The molecule has 2 heteroatoms. The molecule has 156 valence electrons. The van der Waals surface area contributed by atoms with Crippen molar-refractivity contribution < 1.29 is 0 Å². The summed E-state index contributed by atoms with van der Waals surface area (Å²) in [6, 6.07) is 45.7. The summed E-state index contributed by atoms with van der Waals surface area (Å²) < 4.78 is 6.64. The molecular formula is C29H30As2. The Hall–Kier alpha value is -2.00. The summed E-state index contributed by atoms with van der Waals surface area (Å²) in [5, 5.41) is 0. The van der Waals surface area contributed by atoms with Crippen LogP contribution in [0, 0.1) is 0 Å². The van der Waals surface area contributed by atoms with Crippen LogP contribution in [0.1, 0.15) is 26.7 Å². The van der Waals surface area contributed by atoms with Gasteiger partial charge < -0.3 is 0 Å². The fourth-order valence-corrected chi connectivity index (χ4v) is 24.1. The molecule has 0 aliphatic carbocycles. The Morgan fingerprint density at radius 1 is 0.419 bits per heavy atom. The summed E-state index contributed by atoms with van der Waals surface area (Å²) in [4.78, 5) is 0. The first-order chi connectivity index (χ1) is 15.3. The fourth-order valence-electron chi connectivity index (χ4n) is 4.55. The van der Waals surface area contributed by atoms with Gasteiger partial charge in [-0.25, -0.2) is 0 Å². The molecule has 0 unspecified atom stereocenters. The number of hydrogen-bond donors (Lipinski definition) is 0. The predicted molar refractivity (Wildman–Crippen MR) is 139 cm³/mol. The number of hydrogen-bond acceptors (Lipinski definition) is 0. The summed E-state index contributed by atoms with van der Waals surface area (Å²) >= 11 is -3.26. The van der Waals surface area contributed by atoms with Crippen LogP contribution in [0.15, 0.2) is 121 Å². The van der Waals surface area contributed by atoms with Crippen molar-refractivity contribution in [1.29, 1.82) is 0 Å². The minimum atomic E-state index is -1.63. The monoisotopic (exact) mass is 528 g/mol. The van der Waals surface area contributed by atoms with Crippen LogP contribution >= 0.6 is 0 Å². The zero-order valence-electron chi connectivity index (χ0n) is 18.4. The van der Waals surface area contributed by atoms with Gasteiger partial charge in [-0.1, -0.05) is 0 Å². The second-order valence-corrected chi connectivity index (χ2v) is 20.1. The summed E-state index contributed by atoms with van der Waals surface area (Å²) in [5.74, 6) is 0. The van der Waals surface area contributed by atoms with Crippen molar-refractivity contribution in [3.8, 4) is 0 Å². The molecule has 0 saturated carbocycles. The van der Waals surface area contributed by atoms with Gasteiger partial charge in [0, 0.05) is 0 Å². The van der Waals surface area contributed by atoms with Gasteiger partial charge in [-0.2, -0.15) is 0 Å². The van der Waals surface area contributed by atoms with E-state index in [0.29, 0.717) is 2.99 Å². The molecule has 0 amide bonds. The average Bonchev–Trinajstić information content (AvgIpc) is 2.86. The zero-order chi connectivity index (χ0) is 21.5. The Balaban J connectivity index is 2.00. The molecule has 4 aromatic carbocycles. The van der Waals surface area contributed by atoms with E-state index in [0.717, 1.165) is 0 Å². The summed E-state index contributed by atoms with van der Waals surface area (Å²) in [7, 11) is 0. The molecule has 0 atom stereocenters. The van der Waals surface area contributed by atoms with Crippen molar-refractivity contribution in [2.75, 3.05) is 0 Å². The summed E-state index contributed by atoms with van der Waals surface area (Å²) in [6.07, 6.45) is 2.44. The Morgan fingerprint density at radius 2 is 0.645 bits per heavy atom. The first kappa shape index (κ1) is 22.2. The molecule has 0 bridgehead atoms. The third-order valence-electron chi connectivity index (χ3n) is 6.02. The van der Waals surface area contributed by atoms with Crippen LogP contribution in [0.3, 0.4) is 0 Å². The molecule has 0 radical (unpaired) electrons. The van der Waals surface area contributed by atoms with Crippen LogP contribution in [0.5, 0.6) is 0 Å². The predicted octanol–water partition coefficient (Wildman–Crippen LogP) is 4.70. The Labute approximate surface area is 196 Å². The van der Waals surface area contributed by atoms with Gasteiger partial charge in [0.15, 0.2) is 0 Å². The second kappa shape index (κ2) is 10.5. The number of rotatable bonds is 8. The molecule has 0 aliphatic rings. The van der Waals surface area contributed by atoms with E-state index < -0.39 is 29.3 Å². The van der Waals surface area contributed by atoms with E-state index >= 15 is 0 Å². The van der Waals surface area contributed by atoms with E-state index in [1.54, 1.807) is 17.4 Å². The van der Waals surface area contributed by atoms with Crippen molar-refractivity contribution in [2.45, 2.75) is 29.7 Å². The molecule has 0 spiro atoms. The van der Waals surface area contributed by atoms with Crippen molar-refractivity contribution in [3.05, 3.63) is 121 Å². The van der Waals surface area contributed by atoms with Crippen LogP contribution < -0.4 is 17.4 Å². The van der Waals surface area contributed by atoms with E-state index in [-0.39, 0.29) is 0 Å². The van der Waals surface area contributed by atoms with Crippen molar-refractivity contribution >= 4 is 46.7 Å². The molecule has 4 rings (SSSR count). The van der Waals surface area contributed by atoms with Gasteiger partial charge in [-0.05, 0) is 0 Å². The third kappa shape index (κ3) is 4.62. The van der Waals surface area contributed by atoms with Crippen molar-refractivity contribution in [3.63, 3.8) is 0 Å². The molecule has 4 aromatic rings. The van der Waals surface area contributed by atoms with Gasteiger partial charge in [0.1, 0.15) is 0 Å². The SMILES string of the molecule is CCC(CC)([As](c1ccccc1)c1ccccc1)[As](c1ccccc1)c1ccccc1. The number of benzene rings is 4. The third-order valence-corrected chi connectivity index (χ3v) is 23.4. The van der Waals surface area contributed by atoms with Gasteiger partial charge in [-0.3, -0.25) is 0 Å². The fraction of sp³-hybridized carbons (Fsp3) is 0.172. The van der Waals surface area contributed by atoms with E-state index in [2.05, 4.69) is 135 Å². The van der Waals surface area contributed by atoms with Crippen LogP contribution in [0.25, 0.3) is 0 Å². The molecular weight excluding hydrogens is 498 g/mol. The topological polar surface area (TPSA) is 0 Å². The Kier molecular flexibility index (Phi) is 7.55. The average molecular weight is 528 g/mol. The Bertz CT molecular complexity index is 879. The molecule has 0 heterocycles. The van der Waals surface area contributed by atoms with Gasteiger partial charge >= 0.3 is 198 Å². The first-order valence-corrected chi connectivity index (χ1v) is 16.7. The van der Waals surface area contributed by atoms with E-state index in [1.165, 1.54) is 12.8 Å². The van der Waals surface area contributed by atoms with Gasteiger partial charge in [0.2, 0.25) is 0 Å². The second-order valence-electron chi connectivity index (χ2n) is 7.70. The van der Waals surface area contributed by atoms with Gasteiger partial charge in [0.25, 0.3) is 0 Å². The van der Waals surface area contributed by atoms with Crippen LogP contribution in [0.2, 0.25) is 2.99 Å². The quantitative estimate of drug-likeness (QED) is 0.291. The summed E-state index contributed by atoms with van der Waals surface area (Å²) in [5.41, 5.74) is 0. The molecule has 0 nitrogen and oxygen atoms in total. The molecule has 0 N–H and O–H groups in total. The van der Waals surface area contributed by atoms with Gasteiger partial charge in [0.05, 0.1) is 0 Å². The first-order valence-electron chi connectivity index (χ1n) is 11.1.